The summed E-state index contributed by atoms with van der Waals surface area (Å²) in [6, 6.07) is 13.3. The highest BCUT2D eigenvalue weighted by atomic mass is 79.9. The molecule has 2 aromatic carbocycles. The van der Waals surface area contributed by atoms with Crippen molar-refractivity contribution in [2.75, 3.05) is 26.2 Å². The first kappa shape index (κ1) is 22.3. The van der Waals surface area contributed by atoms with Gasteiger partial charge in [0.2, 0.25) is 5.91 Å². The maximum absolute atomic E-state index is 12.8. The van der Waals surface area contributed by atoms with Gasteiger partial charge in [0.1, 0.15) is 11.6 Å². The topological polar surface area (TPSA) is 58.6 Å². The summed E-state index contributed by atoms with van der Waals surface area (Å²) in [5.74, 6) is 0.389. The number of rotatable bonds is 8. The van der Waals surface area contributed by atoms with Gasteiger partial charge in [-0.15, -0.1) is 0 Å². The van der Waals surface area contributed by atoms with Crippen molar-refractivity contribution in [3.05, 3.63) is 64.4 Å². The molecule has 0 saturated carbocycles. The highest BCUT2D eigenvalue weighted by Crippen LogP contribution is 2.20. The molecule has 160 valence electrons. The molecule has 1 N–H and O–H groups in total. The third kappa shape index (κ3) is 6.55. The second-order valence-corrected chi connectivity index (χ2v) is 8.29. The Balaban J connectivity index is 1.30. The van der Waals surface area contributed by atoms with Crippen LogP contribution < -0.4 is 10.1 Å². The summed E-state index contributed by atoms with van der Waals surface area (Å²) < 4.78 is 19.3. The lowest BCUT2D eigenvalue weighted by atomic mass is 9.95. The van der Waals surface area contributed by atoms with Gasteiger partial charge < -0.3 is 15.0 Å². The number of ether oxygens (including phenoxy) is 1. The highest BCUT2D eigenvalue weighted by molar-refractivity contribution is 9.10. The minimum Gasteiger partial charge on any atom is -0.494 e. The summed E-state index contributed by atoms with van der Waals surface area (Å²) in [5.41, 5.74) is 0.670. The molecule has 0 radical (unpaired) electrons. The van der Waals surface area contributed by atoms with Crippen LogP contribution in [0.3, 0.4) is 0 Å². The number of hydrogen-bond donors (Lipinski definition) is 1. The van der Waals surface area contributed by atoms with Gasteiger partial charge in [-0.2, -0.15) is 0 Å². The zero-order valence-corrected chi connectivity index (χ0v) is 18.4. The zero-order valence-electron chi connectivity index (χ0n) is 16.8. The second kappa shape index (κ2) is 11.1. The molecule has 7 heteroatoms. The molecule has 0 aromatic heterocycles. The van der Waals surface area contributed by atoms with E-state index in [0.717, 1.165) is 17.3 Å². The minimum atomic E-state index is -0.284. The fourth-order valence-corrected chi connectivity index (χ4v) is 3.69. The number of nitrogens with one attached hydrogen (secondary N) is 1. The summed E-state index contributed by atoms with van der Waals surface area (Å²) in [6.07, 6.45) is 2.98. The van der Waals surface area contributed by atoms with Gasteiger partial charge >= 0.3 is 0 Å². The van der Waals surface area contributed by atoms with Crippen LogP contribution in [0.5, 0.6) is 5.75 Å². The van der Waals surface area contributed by atoms with Crippen molar-refractivity contribution >= 4 is 27.7 Å². The van der Waals surface area contributed by atoms with Crippen LogP contribution in [-0.4, -0.2) is 43.0 Å². The summed E-state index contributed by atoms with van der Waals surface area (Å²) in [5, 5.41) is 2.99. The van der Waals surface area contributed by atoms with Crippen LogP contribution in [0.15, 0.2) is 53.0 Å². The first-order chi connectivity index (χ1) is 14.5. The average molecular weight is 477 g/mol. The fourth-order valence-electron chi connectivity index (χ4n) is 3.42. The normalized spacial score (nSPS) is 14.4. The molecule has 0 spiro atoms. The predicted molar refractivity (Wildman–Crippen MR) is 117 cm³/mol. The molecule has 1 saturated heterocycles. The Hall–Kier alpha value is -2.41. The van der Waals surface area contributed by atoms with Crippen LogP contribution in [-0.2, 0) is 4.79 Å². The molecule has 5 nitrogen and oxygen atoms in total. The first-order valence-electron chi connectivity index (χ1n) is 10.2. The Kier molecular flexibility index (Phi) is 8.25. The molecule has 1 aliphatic rings. The molecule has 3 rings (SSSR count). The average Bonchev–Trinajstić information content (AvgIpc) is 2.77. The van der Waals surface area contributed by atoms with Crippen molar-refractivity contribution in [1.29, 1.82) is 0 Å². The maximum atomic E-state index is 12.8. The fraction of sp³-hybridized carbons (Fsp3) is 0.391. The van der Waals surface area contributed by atoms with E-state index in [1.807, 2.05) is 29.2 Å². The number of carbonyl (C=O) groups excluding carboxylic acids is 2. The Labute approximate surface area is 184 Å². The van der Waals surface area contributed by atoms with Gasteiger partial charge in [-0.25, -0.2) is 4.39 Å². The molecule has 0 unspecified atom stereocenters. The molecule has 0 bridgehead atoms. The molecular weight excluding hydrogens is 451 g/mol. The molecule has 0 atom stereocenters. The zero-order chi connectivity index (χ0) is 21.3. The third-order valence-electron chi connectivity index (χ3n) is 5.20. The van der Waals surface area contributed by atoms with E-state index in [1.165, 1.54) is 12.1 Å². The van der Waals surface area contributed by atoms with Crippen LogP contribution in [0, 0.1) is 11.7 Å². The van der Waals surface area contributed by atoms with E-state index in [0.29, 0.717) is 50.4 Å². The van der Waals surface area contributed by atoms with E-state index >= 15 is 0 Å². The summed E-state index contributed by atoms with van der Waals surface area (Å²) in [6.45, 7) is 2.32. The lowest BCUT2D eigenvalue weighted by molar-refractivity contribution is -0.126. The Bertz CT molecular complexity index is 835. The number of hydrogen-bond acceptors (Lipinski definition) is 3. The standard InChI is InChI=1S/C23H26BrFN2O3/c24-19-5-3-18(4-6-19)23(29)27-14-11-17(12-15-27)22(28)26-13-1-2-16-30-21-9-7-20(25)8-10-21/h3-10,17H,1-2,11-16H2,(H,26,28). The van der Waals surface area contributed by atoms with Crippen molar-refractivity contribution in [3.63, 3.8) is 0 Å². The van der Waals surface area contributed by atoms with Gasteiger partial charge in [-0.1, -0.05) is 15.9 Å². The van der Waals surface area contributed by atoms with Crippen LogP contribution in [0.2, 0.25) is 0 Å². The predicted octanol–water partition coefficient (Wildman–Crippen LogP) is 4.42. The smallest absolute Gasteiger partial charge is 0.253 e. The number of piperidine rings is 1. The monoisotopic (exact) mass is 476 g/mol. The van der Waals surface area contributed by atoms with E-state index in [-0.39, 0.29) is 23.5 Å². The summed E-state index contributed by atoms with van der Waals surface area (Å²) in [4.78, 5) is 26.8. The number of nitrogens with zero attached hydrogens (tertiary/aromatic N) is 1. The van der Waals surface area contributed by atoms with Gasteiger partial charge in [0.15, 0.2) is 0 Å². The number of unbranched alkanes of at least 4 members (excludes halogenated alkanes) is 1. The van der Waals surface area contributed by atoms with Crippen LogP contribution in [0.4, 0.5) is 4.39 Å². The van der Waals surface area contributed by atoms with Crippen LogP contribution in [0.25, 0.3) is 0 Å². The van der Waals surface area contributed by atoms with Crippen molar-refractivity contribution in [2.24, 2.45) is 5.92 Å². The quantitative estimate of drug-likeness (QED) is 0.573. The Morgan fingerprint density at radius 1 is 1.03 bits per heavy atom. The third-order valence-corrected chi connectivity index (χ3v) is 5.73. The van der Waals surface area contributed by atoms with Crippen molar-refractivity contribution in [1.82, 2.24) is 10.2 Å². The molecular formula is C23H26BrFN2O3. The number of benzene rings is 2. The summed E-state index contributed by atoms with van der Waals surface area (Å²) in [7, 11) is 0. The van der Waals surface area contributed by atoms with Gasteiger partial charge in [-0.3, -0.25) is 9.59 Å². The van der Waals surface area contributed by atoms with E-state index in [2.05, 4.69) is 21.2 Å². The van der Waals surface area contributed by atoms with E-state index < -0.39 is 0 Å². The van der Waals surface area contributed by atoms with Gasteiger partial charge in [0, 0.05) is 35.6 Å². The van der Waals surface area contributed by atoms with Gasteiger partial charge in [-0.05, 0) is 74.2 Å². The molecule has 0 aliphatic carbocycles. The molecule has 1 aliphatic heterocycles. The van der Waals surface area contributed by atoms with E-state index in [9.17, 15) is 14.0 Å². The number of carbonyl (C=O) groups is 2. The van der Waals surface area contributed by atoms with Crippen molar-refractivity contribution in [3.8, 4) is 5.75 Å². The number of halogens is 2. The lowest BCUT2D eigenvalue weighted by Gasteiger charge is -2.31. The molecule has 2 aromatic rings. The van der Waals surface area contributed by atoms with E-state index in [1.54, 1.807) is 12.1 Å². The number of amides is 2. The molecule has 2 amide bonds. The Morgan fingerprint density at radius 2 is 1.70 bits per heavy atom. The maximum Gasteiger partial charge on any atom is 0.253 e. The van der Waals surface area contributed by atoms with Crippen LogP contribution >= 0.6 is 15.9 Å². The van der Waals surface area contributed by atoms with Gasteiger partial charge in [0.25, 0.3) is 5.91 Å². The highest BCUT2D eigenvalue weighted by Gasteiger charge is 2.27. The molecule has 1 heterocycles. The summed E-state index contributed by atoms with van der Waals surface area (Å²) >= 11 is 3.37. The van der Waals surface area contributed by atoms with Crippen LogP contribution in [0.1, 0.15) is 36.0 Å². The largest absolute Gasteiger partial charge is 0.494 e. The second-order valence-electron chi connectivity index (χ2n) is 7.37. The van der Waals surface area contributed by atoms with Crippen molar-refractivity contribution < 1.29 is 18.7 Å². The van der Waals surface area contributed by atoms with Gasteiger partial charge in [0.05, 0.1) is 6.61 Å². The molecule has 1 fully saturated rings. The Morgan fingerprint density at radius 3 is 2.37 bits per heavy atom. The first-order valence-corrected chi connectivity index (χ1v) is 11.0. The number of likely N-dealkylation sites (tertiary alicyclic amines) is 1. The lowest BCUT2D eigenvalue weighted by Crippen LogP contribution is -2.43. The minimum absolute atomic E-state index is 0.0162. The van der Waals surface area contributed by atoms with E-state index in [4.69, 9.17) is 4.74 Å². The van der Waals surface area contributed by atoms with Crippen molar-refractivity contribution in [2.45, 2.75) is 25.7 Å². The SMILES string of the molecule is O=C(NCCCCOc1ccc(F)cc1)C1CCN(C(=O)c2ccc(Br)cc2)CC1. The molecule has 30 heavy (non-hydrogen) atoms.